The molecule has 0 fully saturated rings. The Morgan fingerprint density at radius 3 is 2.50 bits per heavy atom. The Morgan fingerprint density at radius 2 is 1.95 bits per heavy atom. The zero-order valence-corrected chi connectivity index (χ0v) is 12.4. The van der Waals surface area contributed by atoms with E-state index in [0.29, 0.717) is 19.8 Å². The van der Waals surface area contributed by atoms with Crippen molar-refractivity contribution >= 4 is 6.09 Å². The van der Waals surface area contributed by atoms with Gasteiger partial charge in [-0.2, -0.15) is 0 Å². The van der Waals surface area contributed by atoms with Gasteiger partial charge in [-0.15, -0.1) is 0 Å². The van der Waals surface area contributed by atoms with Crippen LogP contribution in [-0.4, -0.2) is 30.9 Å². The van der Waals surface area contributed by atoms with Crippen LogP contribution in [-0.2, 0) is 16.1 Å². The molecule has 0 aliphatic rings. The summed E-state index contributed by atoms with van der Waals surface area (Å²) < 4.78 is 10.7. The first-order valence-electron chi connectivity index (χ1n) is 6.72. The second kappa shape index (κ2) is 7.87. The maximum absolute atomic E-state index is 11.6. The number of carbonyl (C=O) groups is 1. The van der Waals surface area contributed by atoms with E-state index in [9.17, 15) is 4.79 Å². The molecule has 1 aromatic rings. The lowest BCUT2D eigenvalue weighted by molar-refractivity contribution is 0.0435. The lowest BCUT2D eigenvalue weighted by atomic mass is 10.2. The molecule has 112 valence electrons. The van der Waals surface area contributed by atoms with Crippen LogP contribution in [0.25, 0.3) is 0 Å². The Balaban J connectivity index is 2.31. The van der Waals surface area contributed by atoms with E-state index in [1.54, 1.807) is 0 Å². The monoisotopic (exact) mass is 280 g/mol. The predicted octanol–water partition coefficient (Wildman–Crippen LogP) is 2.06. The summed E-state index contributed by atoms with van der Waals surface area (Å²) >= 11 is 0. The molecule has 1 rings (SSSR count). The third-order valence-electron chi connectivity index (χ3n) is 2.44. The number of alkyl carbamates (subject to hydrolysis) is 1. The molecular weight excluding hydrogens is 256 g/mol. The molecule has 3 N–H and O–H groups in total. The summed E-state index contributed by atoms with van der Waals surface area (Å²) in [7, 11) is 0. The van der Waals surface area contributed by atoms with Crippen LogP contribution in [0.4, 0.5) is 4.79 Å². The summed E-state index contributed by atoms with van der Waals surface area (Å²) in [5.41, 5.74) is 6.18. The van der Waals surface area contributed by atoms with Crippen molar-refractivity contribution in [1.82, 2.24) is 5.32 Å². The van der Waals surface area contributed by atoms with Crippen molar-refractivity contribution in [3.8, 4) is 0 Å². The molecule has 1 unspecified atom stereocenters. The van der Waals surface area contributed by atoms with E-state index < -0.39 is 11.7 Å². The highest BCUT2D eigenvalue weighted by molar-refractivity contribution is 5.68. The van der Waals surface area contributed by atoms with Crippen molar-refractivity contribution in [2.24, 2.45) is 5.73 Å². The summed E-state index contributed by atoms with van der Waals surface area (Å²) in [4.78, 5) is 11.6. The van der Waals surface area contributed by atoms with E-state index in [4.69, 9.17) is 15.2 Å². The van der Waals surface area contributed by atoms with Gasteiger partial charge in [-0.3, -0.25) is 0 Å². The molecule has 1 atom stereocenters. The van der Waals surface area contributed by atoms with E-state index >= 15 is 0 Å². The van der Waals surface area contributed by atoms with Crippen LogP contribution in [0, 0.1) is 0 Å². The number of nitrogens with two attached hydrogens (primary N) is 1. The second-order valence-corrected chi connectivity index (χ2v) is 5.58. The SMILES string of the molecule is CC(C)(C)OC(=O)NC(CN)COCc1ccccc1. The van der Waals surface area contributed by atoms with Crippen LogP contribution in [0.15, 0.2) is 30.3 Å². The summed E-state index contributed by atoms with van der Waals surface area (Å²) in [5, 5.41) is 2.70. The average Bonchev–Trinajstić information content (AvgIpc) is 2.36. The lowest BCUT2D eigenvalue weighted by Crippen LogP contribution is -2.45. The van der Waals surface area contributed by atoms with E-state index in [0.717, 1.165) is 5.56 Å². The molecule has 5 heteroatoms. The van der Waals surface area contributed by atoms with Crippen LogP contribution in [0.3, 0.4) is 0 Å². The Kier molecular flexibility index (Phi) is 6.48. The molecule has 1 amide bonds. The fraction of sp³-hybridized carbons (Fsp3) is 0.533. The number of carbonyl (C=O) groups excluding carboxylic acids is 1. The first kappa shape index (κ1) is 16.5. The van der Waals surface area contributed by atoms with Crippen molar-refractivity contribution in [2.45, 2.75) is 39.0 Å². The van der Waals surface area contributed by atoms with E-state index in [1.807, 2.05) is 51.1 Å². The fourth-order valence-electron chi connectivity index (χ4n) is 1.54. The minimum Gasteiger partial charge on any atom is -0.444 e. The quantitative estimate of drug-likeness (QED) is 0.836. The highest BCUT2D eigenvalue weighted by Gasteiger charge is 2.18. The summed E-state index contributed by atoms with van der Waals surface area (Å²) in [6.45, 7) is 6.59. The Bertz CT molecular complexity index is 401. The molecule has 1 aromatic carbocycles. The van der Waals surface area contributed by atoms with Crippen LogP contribution in [0.5, 0.6) is 0 Å². The topological polar surface area (TPSA) is 73.6 Å². The molecular formula is C15H24N2O3. The first-order chi connectivity index (χ1) is 9.40. The largest absolute Gasteiger partial charge is 0.444 e. The van der Waals surface area contributed by atoms with Gasteiger partial charge in [0.25, 0.3) is 0 Å². The molecule has 0 heterocycles. The minimum atomic E-state index is -0.520. The van der Waals surface area contributed by atoms with E-state index in [2.05, 4.69) is 5.32 Å². The fourth-order valence-corrected chi connectivity index (χ4v) is 1.54. The molecule has 0 radical (unpaired) electrons. The molecule has 5 nitrogen and oxygen atoms in total. The summed E-state index contributed by atoms with van der Waals surface area (Å²) in [5.74, 6) is 0. The van der Waals surface area contributed by atoms with Gasteiger partial charge < -0.3 is 20.5 Å². The van der Waals surface area contributed by atoms with Crippen molar-refractivity contribution < 1.29 is 14.3 Å². The van der Waals surface area contributed by atoms with Crippen molar-refractivity contribution in [3.63, 3.8) is 0 Å². The zero-order chi connectivity index (χ0) is 15.0. The molecule has 0 aliphatic carbocycles. The van der Waals surface area contributed by atoms with E-state index in [-0.39, 0.29) is 6.04 Å². The maximum Gasteiger partial charge on any atom is 0.407 e. The normalized spacial score (nSPS) is 12.8. The Morgan fingerprint density at radius 1 is 1.30 bits per heavy atom. The average molecular weight is 280 g/mol. The molecule has 0 bridgehead atoms. The van der Waals surface area contributed by atoms with Gasteiger partial charge >= 0.3 is 6.09 Å². The number of rotatable bonds is 6. The van der Waals surface area contributed by atoms with Gasteiger partial charge in [-0.1, -0.05) is 30.3 Å². The molecule has 0 aliphatic heterocycles. The highest BCUT2D eigenvalue weighted by Crippen LogP contribution is 2.07. The van der Waals surface area contributed by atoms with Gasteiger partial charge in [0.15, 0.2) is 0 Å². The number of amides is 1. The van der Waals surface area contributed by atoms with Crippen LogP contribution < -0.4 is 11.1 Å². The number of hydrogen-bond donors (Lipinski definition) is 2. The molecule has 0 saturated heterocycles. The smallest absolute Gasteiger partial charge is 0.407 e. The third-order valence-corrected chi connectivity index (χ3v) is 2.44. The predicted molar refractivity (Wildman–Crippen MR) is 78.3 cm³/mol. The van der Waals surface area contributed by atoms with Gasteiger partial charge in [0.1, 0.15) is 5.60 Å². The first-order valence-corrected chi connectivity index (χ1v) is 6.72. The Labute approximate surface area is 120 Å². The van der Waals surface area contributed by atoms with Gasteiger partial charge in [0, 0.05) is 6.54 Å². The second-order valence-electron chi connectivity index (χ2n) is 5.58. The standard InChI is InChI=1S/C15H24N2O3/c1-15(2,3)20-14(18)17-13(9-16)11-19-10-12-7-5-4-6-8-12/h4-8,13H,9-11,16H2,1-3H3,(H,17,18). The maximum atomic E-state index is 11.6. The lowest BCUT2D eigenvalue weighted by Gasteiger charge is -2.23. The molecule has 20 heavy (non-hydrogen) atoms. The minimum absolute atomic E-state index is 0.256. The number of nitrogens with one attached hydrogen (secondary N) is 1. The Hall–Kier alpha value is -1.59. The number of hydrogen-bond acceptors (Lipinski definition) is 4. The summed E-state index contributed by atoms with van der Waals surface area (Å²) in [6.07, 6.45) is -0.476. The van der Waals surface area contributed by atoms with Crippen molar-refractivity contribution in [2.75, 3.05) is 13.2 Å². The third kappa shape index (κ3) is 7.11. The van der Waals surface area contributed by atoms with Crippen LogP contribution in [0.2, 0.25) is 0 Å². The highest BCUT2D eigenvalue weighted by atomic mass is 16.6. The molecule has 0 saturated carbocycles. The van der Waals surface area contributed by atoms with Crippen molar-refractivity contribution in [1.29, 1.82) is 0 Å². The zero-order valence-electron chi connectivity index (χ0n) is 12.4. The van der Waals surface area contributed by atoms with Crippen molar-refractivity contribution in [3.05, 3.63) is 35.9 Å². The van der Waals surface area contributed by atoms with Gasteiger partial charge in [-0.25, -0.2) is 4.79 Å². The van der Waals surface area contributed by atoms with Gasteiger partial charge in [0.2, 0.25) is 0 Å². The molecule has 0 aromatic heterocycles. The van der Waals surface area contributed by atoms with Gasteiger partial charge in [-0.05, 0) is 26.3 Å². The van der Waals surface area contributed by atoms with Crippen LogP contribution in [0.1, 0.15) is 26.3 Å². The van der Waals surface area contributed by atoms with Crippen LogP contribution >= 0.6 is 0 Å². The number of benzene rings is 1. The van der Waals surface area contributed by atoms with Gasteiger partial charge in [0.05, 0.1) is 19.3 Å². The molecule has 0 spiro atoms. The summed E-state index contributed by atoms with van der Waals surface area (Å²) in [6, 6.07) is 9.58. The van der Waals surface area contributed by atoms with E-state index in [1.165, 1.54) is 0 Å². The number of ether oxygens (including phenoxy) is 2.